The second-order valence-electron chi connectivity index (χ2n) is 7.08. The van der Waals surface area contributed by atoms with Crippen LogP contribution in [-0.2, 0) is 16.1 Å². The Morgan fingerprint density at radius 3 is 2.96 bits per heavy atom. The van der Waals surface area contributed by atoms with E-state index in [1.54, 1.807) is 17.4 Å². The maximum atomic E-state index is 13.2. The van der Waals surface area contributed by atoms with Crippen LogP contribution < -0.4 is 0 Å². The van der Waals surface area contributed by atoms with Crippen molar-refractivity contribution in [2.45, 2.75) is 38.3 Å². The number of furan rings is 1. The van der Waals surface area contributed by atoms with Gasteiger partial charge in [0.05, 0.1) is 24.8 Å². The number of hydrogen-bond donors (Lipinski definition) is 0. The summed E-state index contributed by atoms with van der Waals surface area (Å²) in [4.78, 5) is 33.4. The summed E-state index contributed by atoms with van der Waals surface area (Å²) in [5, 5.41) is 0. The minimum absolute atomic E-state index is 0.0229. The van der Waals surface area contributed by atoms with Crippen LogP contribution in [0.3, 0.4) is 0 Å². The summed E-state index contributed by atoms with van der Waals surface area (Å²) < 4.78 is 5.33. The Kier molecular flexibility index (Phi) is 4.73. The van der Waals surface area contributed by atoms with Gasteiger partial charge < -0.3 is 14.2 Å². The first-order valence-corrected chi connectivity index (χ1v) is 9.23. The zero-order valence-electron chi connectivity index (χ0n) is 14.7. The normalized spacial score (nSPS) is 23.5. The molecule has 6 heteroatoms. The van der Waals surface area contributed by atoms with Gasteiger partial charge in [0.25, 0.3) is 0 Å². The standard InChI is InChI=1S/C20H23N3O3/c24-19-11-16(13-22(19)14-17-6-4-10-26-17)20(25)23-9-2-1-7-18(23)15-5-3-8-21-12-15/h3-6,8,10,12,16,18H,1-2,7,9,11,13-14H2/t16?,18-/m0/s1. The van der Waals surface area contributed by atoms with E-state index in [1.165, 1.54) is 0 Å². The van der Waals surface area contributed by atoms with E-state index in [-0.39, 0.29) is 30.2 Å². The Labute approximate surface area is 152 Å². The summed E-state index contributed by atoms with van der Waals surface area (Å²) in [5.41, 5.74) is 1.08. The molecule has 0 saturated carbocycles. The van der Waals surface area contributed by atoms with Crippen LogP contribution in [0.25, 0.3) is 0 Å². The largest absolute Gasteiger partial charge is 0.467 e. The van der Waals surface area contributed by atoms with Crippen molar-refractivity contribution < 1.29 is 14.0 Å². The van der Waals surface area contributed by atoms with Gasteiger partial charge in [0, 0.05) is 31.9 Å². The van der Waals surface area contributed by atoms with Gasteiger partial charge in [-0.15, -0.1) is 0 Å². The average molecular weight is 353 g/mol. The lowest BCUT2D eigenvalue weighted by molar-refractivity contribution is -0.139. The van der Waals surface area contributed by atoms with Crippen LogP contribution in [0, 0.1) is 5.92 Å². The van der Waals surface area contributed by atoms with Crippen molar-refractivity contribution in [2.24, 2.45) is 5.92 Å². The fourth-order valence-corrected chi connectivity index (χ4v) is 4.03. The molecule has 0 N–H and O–H groups in total. The number of carbonyl (C=O) groups is 2. The molecule has 0 aliphatic carbocycles. The molecule has 2 saturated heterocycles. The molecule has 2 aliphatic heterocycles. The molecule has 0 radical (unpaired) electrons. The van der Waals surface area contributed by atoms with Gasteiger partial charge >= 0.3 is 0 Å². The highest BCUT2D eigenvalue weighted by molar-refractivity contribution is 5.89. The Morgan fingerprint density at radius 2 is 2.19 bits per heavy atom. The topological polar surface area (TPSA) is 66.7 Å². The van der Waals surface area contributed by atoms with Crippen molar-refractivity contribution in [3.8, 4) is 0 Å². The lowest BCUT2D eigenvalue weighted by Gasteiger charge is -2.37. The Hall–Kier alpha value is -2.63. The molecule has 0 bridgehead atoms. The van der Waals surface area contributed by atoms with Crippen LogP contribution in [0.1, 0.15) is 43.0 Å². The number of rotatable bonds is 4. The number of carbonyl (C=O) groups excluding carboxylic acids is 2. The molecule has 2 aromatic heterocycles. The highest BCUT2D eigenvalue weighted by Gasteiger charge is 2.39. The number of hydrogen-bond acceptors (Lipinski definition) is 4. The van der Waals surface area contributed by atoms with Gasteiger partial charge in [0.1, 0.15) is 5.76 Å². The second-order valence-corrected chi connectivity index (χ2v) is 7.08. The van der Waals surface area contributed by atoms with Crippen molar-refractivity contribution in [3.63, 3.8) is 0 Å². The van der Waals surface area contributed by atoms with Crippen molar-refractivity contribution >= 4 is 11.8 Å². The summed E-state index contributed by atoms with van der Waals surface area (Å²) in [6.45, 7) is 1.65. The maximum absolute atomic E-state index is 13.2. The van der Waals surface area contributed by atoms with Crippen LogP contribution in [0.15, 0.2) is 47.3 Å². The molecule has 0 spiro atoms. The van der Waals surface area contributed by atoms with Gasteiger partial charge in [-0.05, 0) is 43.0 Å². The fourth-order valence-electron chi connectivity index (χ4n) is 4.03. The first-order valence-electron chi connectivity index (χ1n) is 9.23. The molecule has 2 aliphatic rings. The Morgan fingerprint density at radius 1 is 1.27 bits per heavy atom. The van der Waals surface area contributed by atoms with E-state index in [9.17, 15) is 9.59 Å². The van der Waals surface area contributed by atoms with Crippen molar-refractivity contribution in [3.05, 3.63) is 54.2 Å². The molecule has 136 valence electrons. The Balaban J connectivity index is 1.46. The molecule has 2 atom stereocenters. The van der Waals surface area contributed by atoms with E-state index in [0.717, 1.165) is 37.1 Å². The molecular weight excluding hydrogens is 330 g/mol. The molecule has 6 nitrogen and oxygen atoms in total. The van der Waals surface area contributed by atoms with Crippen LogP contribution in [-0.4, -0.2) is 39.7 Å². The quantitative estimate of drug-likeness (QED) is 0.848. The lowest BCUT2D eigenvalue weighted by Crippen LogP contribution is -2.42. The van der Waals surface area contributed by atoms with Gasteiger partial charge in [-0.25, -0.2) is 0 Å². The molecular formula is C20H23N3O3. The number of pyridine rings is 1. The number of nitrogens with zero attached hydrogens (tertiary/aromatic N) is 3. The first-order chi connectivity index (χ1) is 12.7. The summed E-state index contributed by atoms with van der Waals surface area (Å²) in [6, 6.07) is 7.68. The zero-order valence-corrected chi connectivity index (χ0v) is 14.7. The van der Waals surface area contributed by atoms with E-state index in [1.807, 2.05) is 35.4 Å². The monoisotopic (exact) mass is 353 g/mol. The fraction of sp³-hybridized carbons (Fsp3) is 0.450. The van der Waals surface area contributed by atoms with E-state index in [4.69, 9.17) is 4.42 Å². The summed E-state index contributed by atoms with van der Waals surface area (Å²) in [5.74, 6) is 0.593. The average Bonchev–Trinajstić information content (AvgIpc) is 3.32. The van der Waals surface area contributed by atoms with Crippen LogP contribution in [0.2, 0.25) is 0 Å². The summed E-state index contributed by atoms with van der Waals surface area (Å²) in [7, 11) is 0. The molecule has 4 heterocycles. The van der Waals surface area contributed by atoms with Gasteiger partial charge in [-0.1, -0.05) is 6.07 Å². The molecule has 2 fully saturated rings. The van der Waals surface area contributed by atoms with Crippen molar-refractivity contribution in [2.75, 3.05) is 13.1 Å². The van der Waals surface area contributed by atoms with Crippen molar-refractivity contribution in [1.29, 1.82) is 0 Å². The molecule has 2 aromatic rings. The van der Waals surface area contributed by atoms with E-state index in [2.05, 4.69) is 4.98 Å². The van der Waals surface area contributed by atoms with Gasteiger partial charge in [-0.3, -0.25) is 14.6 Å². The molecule has 2 amide bonds. The third kappa shape index (κ3) is 3.36. The van der Waals surface area contributed by atoms with Crippen LogP contribution in [0.4, 0.5) is 0 Å². The number of piperidine rings is 1. The molecule has 26 heavy (non-hydrogen) atoms. The van der Waals surface area contributed by atoms with E-state index < -0.39 is 0 Å². The van der Waals surface area contributed by atoms with Crippen molar-refractivity contribution in [1.82, 2.24) is 14.8 Å². The van der Waals surface area contributed by atoms with E-state index in [0.29, 0.717) is 13.1 Å². The predicted molar refractivity (Wildman–Crippen MR) is 94.8 cm³/mol. The SMILES string of the molecule is O=C1CC(C(=O)N2CCCC[C@H]2c2cccnc2)CN1Cc1ccco1. The van der Waals surface area contributed by atoms with Gasteiger partial charge in [0.15, 0.2) is 0 Å². The summed E-state index contributed by atoms with van der Waals surface area (Å²) >= 11 is 0. The minimum Gasteiger partial charge on any atom is -0.467 e. The summed E-state index contributed by atoms with van der Waals surface area (Å²) in [6.07, 6.45) is 8.56. The lowest BCUT2D eigenvalue weighted by atomic mass is 9.94. The second kappa shape index (κ2) is 7.32. The molecule has 1 unspecified atom stereocenters. The smallest absolute Gasteiger partial charge is 0.228 e. The highest BCUT2D eigenvalue weighted by atomic mass is 16.3. The molecule has 4 rings (SSSR count). The number of amides is 2. The van der Waals surface area contributed by atoms with Crippen LogP contribution >= 0.6 is 0 Å². The third-order valence-corrected chi connectivity index (χ3v) is 5.35. The number of aromatic nitrogens is 1. The predicted octanol–water partition coefficient (Wildman–Crippen LogP) is 2.78. The minimum atomic E-state index is -0.269. The van der Waals surface area contributed by atoms with Crippen LogP contribution in [0.5, 0.6) is 0 Å². The van der Waals surface area contributed by atoms with E-state index >= 15 is 0 Å². The van der Waals surface area contributed by atoms with Gasteiger partial charge in [0.2, 0.25) is 11.8 Å². The highest BCUT2D eigenvalue weighted by Crippen LogP contribution is 2.33. The van der Waals surface area contributed by atoms with Gasteiger partial charge in [-0.2, -0.15) is 0 Å². The third-order valence-electron chi connectivity index (χ3n) is 5.35. The first kappa shape index (κ1) is 16.8. The molecule has 0 aromatic carbocycles. The zero-order chi connectivity index (χ0) is 17.9. The Bertz CT molecular complexity index is 760. The maximum Gasteiger partial charge on any atom is 0.228 e. The number of likely N-dealkylation sites (tertiary alicyclic amines) is 2.